The SMILES string of the molecule is CCNC(=NCC(C)CN(C)C(=O)OC(C)(C)C)NC1CCN(c2ccccn2)CC1. The Bertz CT molecular complexity index is 696. The van der Waals surface area contributed by atoms with Gasteiger partial charge in [-0.15, -0.1) is 0 Å². The van der Waals surface area contributed by atoms with Crippen molar-refractivity contribution in [2.24, 2.45) is 10.9 Å². The molecule has 1 unspecified atom stereocenters. The minimum absolute atomic E-state index is 0.221. The van der Waals surface area contributed by atoms with Gasteiger partial charge in [0.2, 0.25) is 0 Å². The molecule has 1 aliphatic rings. The minimum Gasteiger partial charge on any atom is -0.444 e. The summed E-state index contributed by atoms with van der Waals surface area (Å²) in [4.78, 5) is 25.3. The molecule has 1 saturated heterocycles. The first-order valence-corrected chi connectivity index (χ1v) is 11.3. The Labute approximate surface area is 187 Å². The molecule has 0 aromatic carbocycles. The zero-order valence-electron chi connectivity index (χ0n) is 20.0. The third-order valence-electron chi connectivity index (χ3n) is 5.01. The van der Waals surface area contributed by atoms with Gasteiger partial charge < -0.3 is 25.2 Å². The Morgan fingerprint density at radius 3 is 2.65 bits per heavy atom. The van der Waals surface area contributed by atoms with E-state index in [1.54, 1.807) is 11.9 Å². The zero-order chi connectivity index (χ0) is 22.9. The highest BCUT2D eigenvalue weighted by atomic mass is 16.6. The summed E-state index contributed by atoms with van der Waals surface area (Å²) < 4.78 is 5.42. The molecule has 8 nitrogen and oxygen atoms in total. The number of nitrogens with zero attached hydrogens (tertiary/aromatic N) is 4. The van der Waals surface area contributed by atoms with Crippen molar-refractivity contribution < 1.29 is 9.53 Å². The summed E-state index contributed by atoms with van der Waals surface area (Å²) in [6, 6.07) is 6.43. The molecule has 0 radical (unpaired) electrons. The largest absolute Gasteiger partial charge is 0.444 e. The van der Waals surface area contributed by atoms with E-state index in [2.05, 4.69) is 40.4 Å². The Kier molecular flexibility index (Phi) is 9.40. The first-order valence-electron chi connectivity index (χ1n) is 11.3. The summed E-state index contributed by atoms with van der Waals surface area (Å²) in [5.41, 5.74) is -0.485. The average molecular weight is 433 g/mol. The summed E-state index contributed by atoms with van der Waals surface area (Å²) in [6.07, 6.45) is 3.63. The third kappa shape index (κ3) is 9.02. The number of aliphatic imine (C=N–C) groups is 1. The van der Waals surface area contributed by atoms with Gasteiger partial charge in [-0.05, 0) is 58.6 Å². The van der Waals surface area contributed by atoms with Gasteiger partial charge >= 0.3 is 6.09 Å². The molecule has 1 atom stereocenters. The van der Waals surface area contributed by atoms with Crippen LogP contribution in [0, 0.1) is 5.92 Å². The molecule has 0 bridgehead atoms. The summed E-state index contributed by atoms with van der Waals surface area (Å²) in [5, 5.41) is 6.92. The van der Waals surface area contributed by atoms with Crippen LogP contribution in [0.1, 0.15) is 47.5 Å². The Balaban J connectivity index is 1.81. The summed E-state index contributed by atoms with van der Waals surface area (Å²) in [6.45, 7) is 13.8. The van der Waals surface area contributed by atoms with E-state index in [0.717, 1.165) is 44.3 Å². The molecule has 8 heteroatoms. The van der Waals surface area contributed by atoms with Crippen molar-refractivity contribution in [3.8, 4) is 0 Å². The van der Waals surface area contributed by atoms with E-state index in [-0.39, 0.29) is 12.0 Å². The van der Waals surface area contributed by atoms with Gasteiger partial charge in [0.1, 0.15) is 11.4 Å². The lowest BCUT2D eigenvalue weighted by Crippen LogP contribution is -2.49. The van der Waals surface area contributed by atoms with Gasteiger partial charge in [-0.25, -0.2) is 9.78 Å². The van der Waals surface area contributed by atoms with Gasteiger partial charge in [-0.1, -0.05) is 13.0 Å². The maximum absolute atomic E-state index is 12.2. The van der Waals surface area contributed by atoms with Gasteiger partial charge in [0.05, 0.1) is 0 Å². The zero-order valence-corrected chi connectivity index (χ0v) is 20.0. The Morgan fingerprint density at radius 2 is 2.06 bits per heavy atom. The molecule has 1 fully saturated rings. The highest BCUT2D eigenvalue weighted by Crippen LogP contribution is 2.17. The predicted octanol–water partition coefficient (Wildman–Crippen LogP) is 3.11. The van der Waals surface area contributed by atoms with Crippen molar-refractivity contribution >= 4 is 17.9 Å². The van der Waals surface area contributed by atoms with Crippen molar-refractivity contribution in [1.82, 2.24) is 20.5 Å². The lowest BCUT2D eigenvalue weighted by atomic mass is 10.1. The first-order chi connectivity index (χ1) is 14.7. The normalized spacial score (nSPS) is 16.6. The van der Waals surface area contributed by atoms with Crippen molar-refractivity contribution in [3.63, 3.8) is 0 Å². The molecule has 31 heavy (non-hydrogen) atoms. The second-order valence-corrected chi connectivity index (χ2v) is 9.28. The molecule has 0 saturated carbocycles. The van der Waals surface area contributed by atoms with E-state index in [0.29, 0.717) is 19.1 Å². The van der Waals surface area contributed by atoms with Crippen molar-refractivity contribution in [2.75, 3.05) is 44.7 Å². The van der Waals surface area contributed by atoms with Crippen LogP contribution in [0.15, 0.2) is 29.4 Å². The lowest BCUT2D eigenvalue weighted by Gasteiger charge is -2.33. The number of anilines is 1. The summed E-state index contributed by atoms with van der Waals surface area (Å²) in [5.74, 6) is 2.11. The molecular weight excluding hydrogens is 392 g/mol. The van der Waals surface area contributed by atoms with Crippen LogP contribution in [0.5, 0.6) is 0 Å². The van der Waals surface area contributed by atoms with E-state index < -0.39 is 5.60 Å². The number of rotatable bonds is 7. The Hall–Kier alpha value is -2.51. The summed E-state index contributed by atoms with van der Waals surface area (Å²) >= 11 is 0. The highest BCUT2D eigenvalue weighted by molar-refractivity contribution is 5.80. The van der Waals surface area contributed by atoms with E-state index >= 15 is 0 Å². The number of hydrogen-bond acceptors (Lipinski definition) is 5. The topological polar surface area (TPSA) is 82.1 Å². The van der Waals surface area contributed by atoms with Crippen LogP contribution in [0.2, 0.25) is 0 Å². The maximum atomic E-state index is 12.2. The third-order valence-corrected chi connectivity index (χ3v) is 5.01. The maximum Gasteiger partial charge on any atom is 0.410 e. The van der Waals surface area contributed by atoms with Crippen molar-refractivity contribution in [2.45, 2.75) is 59.1 Å². The van der Waals surface area contributed by atoms with E-state index in [4.69, 9.17) is 9.73 Å². The number of guanidine groups is 1. The molecule has 1 amide bonds. The van der Waals surface area contributed by atoms with Gasteiger partial charge in [0, 0.05) is 52.0 Å². The molecule has 2 rings (SSSR count). The van der Waals surface area contributed by atoms with Crippen LogP contribution in [0.3, 0.4) is 0 Å². The number of aromatic nitrogens is 1. The quantitative estimate of drug-likeness (QED) is 0.509. The van der Waals surface area contributed by atoms with E-state index in [9.17, 15) is 4.79 Å². The monoisotopic (exact) mass is 432 g/mol. The number of ether oxygens (including phenoxy) is 1. The lowest BCUT2D eigenvalue weighted by molar-refractivity contribution is 0.0279. The fraction of sp³-hybridized carbons (Fsp3) is 0.696. The fourth-order valence-electron chi connectivity index (χ4n) is 3.49. The molecule has 1 aromatic rings. The molecule has 0 spiro atoms. The van der Waals surface area contributed by atoms with Gasteiger partial charge in [0.15, 0.2) is 5.96 Å². The highest BCUT2D eigenvalue weighted by Gasteiger charge is 2.22. The molecule has 174 valence electrons. The van der Waals surface area contributed by atoms with Crippen LogP contribution in [0.25, 0.3) is 0 Å². The molecule has 2 N–H and O–H groups in total. The van der Waals surface area contributed by atoms with Gasteiger partial charge in [-0.3, -0.25) is 4.99 Å². The van der Waals surface area contributed by atoms with Crippen molar-refractivity contribution in [1.29, 1.82) is 0 Å². The van der Waals surface area contributed by atoms with Crippen LogP contribution < -0.4 is 15.5 Å². The average Bonchev–Trinajstić information content (AvgIpc) is 2.72. The van der Waals surface area contributed by atoms with Crippen LogP contribution in [0.4, 0.5) is 10.6 Å². The second-order valence-electron chi connectivity index (χ2n) is 9.28. The van der Waals surface area contributed by atoms with Gasteiger partial charge in [0.25, 0.3) is 0 Å². The second kappa shape index (κ2) is 11.8. The molecular formula is C23H40N6O2. The number of nitrogens with one attached hydrogen (secondary N) is 2. The van der Waals surface area contributed by atoms with Crippen LogP contribution >= 0.6 is 0 Å². The summed E-state index contributed by atoms with van der Waals surface area (Å²) in [7, 11) is 1.77. The number of hydrogen-bond donors (Lipinski definition) is 2. The van der Waals surface area contributed by atoms with Crippen molar-refractivity contribution in [3.05, 3.63) is 24.4 Å². The number of carbonyl (C=O) groups excluding carboxylic acids is 1. The molecule has 1 aliphatic heterocycles. The number of amides is 1. The number of pyridine rings is 1. The smallest absolute Gasteiger partial charge is 0.410 e. The number of carbonyl (C=O) groups is 1. The molecule has 1 aromatic heterocycles. The number of piperidine rings is 1. The minimum atomic E-state index is -0.485. The van der Waals surface area contributed by atoms with Gasteiger partial charge in [-0.2, -0.15) is 0 Å². The Morgan fingerprint density at radius 1 is 1.35 bits per heavy atom. The fourth-order valence-corrected chi connectivity index (χ4v) is 3.49. The predicted molar refractivity (Wildman–Crippen MR) is 127 cm³/mol. The first kappa shape index (κ1) is 24.8. The standard InChI is InChI=1S/C23H40N6O2/c1-7-24-21(26-16-18(2)17-28(6)22(30)31-23(3,4)5)27-19-11-14-29(15-12-19)20-10-8-9-13-25-20/h8-10,13,18-19H,7,11-12,14-17H2,1-6H3,(H2,24,26,27). The molecule has 2 heterocycles. The van der Waals surface area contributed by atoms with E-state index in [1.165, 1.54) is 0 Å². The van der Waals surface area contributed by atoms with E-state index in [1.807, 2.05) is 39.1 Å². The van der Waals surface area contributed by atoms with Crippen LogP contribution in [-0.4, -0.2) is 73.4 Å². The molecule has 0 aliphatic carbocycles. The van der Waals surface area contributed by atoms with Crippen LogP contribution in [-0.2, 0) is 4.74 Å².